The van der Waals surface area contributed by atoms with Gasteiger partial charge in [0, 0.05) is 24.1 Å². The van der Waals surface area contributed by atoms with Crippen molar-refractivity contribution >= 4 is 5.97 Å². The molecular formula is C13H17F2NO2. The maximum absolute atomic E-state index is 13.4. The highest BCUT2D eigenvalue weighted by Crippen LogP contribution is 2.17. The Morgan fingerprint density at radius 2 is 2.17 bits per heavy atom. The van der Waals surface area contributed by atoms with Gasteiger partial charge in [-0.15, -0.1) is 0 Å². The highest BCUT2D eigenvalue weighted by Gasteiger charge is 2.11. The molecule has 0 spiro atoms. The van der Waals surface area contributed by atoms with E-state index >= 15 is 0 Å². The van der Waals surface area contributed by atoms with Crippen LogP contribution in [0.1, 0.15) is 31.4 Å². The third-order valence-electron chi connectivity index (χ3n) is 2.66. The maximum atomic E-state index is 13.4. The zero-order chi connectivity index (χ0) is 13.5. The number of benzene rings is 1. The van der Waals surface area contributed by atoms with E-state index in [1.54, 1.807) is 6.92 Å². The topological polar surface area (TPSA) is 38.3 Å². The van der Waals surface area contributed by atoms with E-state index in [4.69, 9.17) is 0 Å². The number of methoxy groups -OCH3 is 1. The fourth-order valence-corrected chi connectivity index (χ4v) is 1.62. The highest BCUT2D eigenvalue weighted by atomic mass is 19.1. The van der Waals surface area contributed by atoms with Gasteiger partial charge in [0.1, 0.15) is 11.6 Å². The average Bonchev–Trinajstić information content (AvgIpc) is 2.34. The molecule has 3 nitrogen and oxygen atoms in total. The first-order chi connectivity index (χ1) is 8.54. The summed E-state index contributed by atoms with van der Waals surface area (Å²) < 4.78 is 30.7. The van der Waals surface area contributed by atoms with Crippen LogP contribution in [0.3, 0.4) is 0 Å². The van der Waals surface area contributed by atoms with Crippen LogP contribution in [-0.2, 0) is 9.53 Å². The van der Waals surface area contributed by atoms with Crippen molar-refractivity contribution in [2.24, 2.45) is 0 Å². The van der Waals surface area contributed by atoms with Gasteiger partial charge in [-0.2, -0.15) is 0 Å². The van der Waals surface area contributed by atoms with Gasteiger partial charge in [0.05, 0.1) is 7.11 Å². The largest absolute Gasteiger partial charge is 0.469 e. The molecule has 1 rings (SSSR count). The van der Waals surface area contributed by atoms with E-state index in [0.717, 1.165) is 6.07 Å². The van der Waals surface area contributed by atoms with Gasteiger partial charge in [-0.05, 0) is 26.0 Å². The minimum atomic E-state index is -0.589. The van der Waals surface area contributed by atoms with Crippen molar-refractivity contribution in [2.45, 2.75) is 25.8 Å². The molecule has 1 unspecified atom stereocenters. The normalized spacial score (nSPS) is 12.2. The zero-order valence-electron chi connectivity index (χ0n) is 10.5. The van der Waals surface area contributed by atoms with Crippen molar-refractivity contribution in [3.8, 4) is 0 Å². The summed E-state index contributed by atoms with van der Waals surface area (Å²) in [5.41, 5.74) is 0.412. The average molecular weight is 257 g/mol. The molecule has 0 saturated heterocycles. The molecule has 0 bridgehead atoms. The number of carbonyl (C=O) groups is 1. The van der Waals surface area contributed by atoms with E-state index in [-0.39, 0.29) is 12.0 Å². The molecule has 0 heterocycles. The maximum Gasteiger partial charge on any atom is 0.305 e. The fourth-order valence-electron chi connectivity index (χ4n) is 1.62. The van der Waals surface area contributed by atoms with Gasteiger partial charge < -0.3 is 10.1 Å². The second-order valence-electron chi connectivity index (χ2n) is 4.02. The molecule has 1 aromatic rings. The quantitative estimate of drug-likeness (QED) is 0.628. The van der Waals surface area contributed by atoms with Crippen LogP contribution in [0.25, 0.3) is 0 Å². The van der Waals surface area contributed by atoms with Crippen molar-refractivity contribution in [1.82, 2.24) is 5.32 Å². The smallest absolute Gasteiger partial charge is 0.305 e. The number of carbonyl (C=O) groups excluding carboxylic acids is 1. The van der Waals surface area contributed by atoms with Crippen LogP contribution in [0.5, 0.6) is 0 Å². The molecule has 0 fully saturated rings. The van der Waals surface area contributed by atoms with E-state index < -0.39 is 11.6 Å². The number of rotatable bonds is 6. The van der Waals surface area contributed by atoms with Gasteiger partial charge >= 0.3 is 5.97 Å². The molecule has 0 radical (unpaired) electrons. The fraction of sp³-hybridized carbons (Fsp3) is 0.462. The molecule has 1 aromatic carbocycles. The molecule has 0 aliphatic rings. The Bertz CT molecular complexity index is 410. The Hall–Kier alpha value is -1.49. The predicted octanol–water partition coefficient (Wildman–Crippen LogP) is 2.57. The summed E-state index contributed by atoms with van der Waals surface area (Å²) in [6.45, 7) is 2.35. The summed E-state index contributed by atoms with van der Waals surface area (Å²) >= 11 is 0. The van der Waals surface area contributed by atoms with Crippen LogP contribution in [-0.4, -0.2) is 19.6 Å². The van der Waals surface area contributed by atoms with E-state index in [0.29, 0.717) is 24.9 Å². The summed E-state index contributed by atoms with van der Waals surface area (Å²) in [7, 11) is 1.34. The van der Waals surface area contributed by atoms with Gasteiger partial charge in [0.25, 0.3) is 0 Å². The van der Waals surface area contributed by atoms with Crippen LogP contribution in [0.2, 0.25) is 0 Å². The van der Waals surface area contributed by atoms with Gasteiger partial charge in [0.15, 0.2) is 0 Å². The molecule has 0 saturated carbocycles. The molecule has 0 amide bonds. The van der Waals surface area contributed by atoms with E-state index in [9.17, 15) is 13.6 Å². The van der Waals surface area contributed by atoms with Crippen molar-refractivity contribution in [2.75, 3.05) is 13.7 Å². The van der Waals surface area contributed by atoms with E-state index in [2.05, 4.69) is 10.1 Å². The van der Waals surface area contributed by atoms with Gasteiger partial charge in [-0.1, -0.05) is 6.07 Å². The molecule has 1 atom stereocenters. The summed E-state index contributed by atoms with van der Waals surface area (Å²) in [5, 5.41) is 3.07. The van der Waals surface area contributed by atoms with E-state index in [1.165, 1.54) is 19.2 Å². The lowest BCUT2D eigenvalue weighted by Crippen LogP contribution is -2.21. The number of halogens is 2. The highest BCUT2D eigenvalue weighted by molar-refractivity contribution is 5.69. The number of hydrogen-bond acceptors (Lipinski definition) is 3. The van der Waals surface area contributed by atoms with Crippen LogP contribution in [0, 0.1) is 11.6 Å². The molecule has 0 aliphatic carbocycles. The summed E-state index contributed by atoms with van der Waals surface area (Å²) in [4.78, 5) is 10.9. The van der Waals surface area contributed by atoms with Crippen molar-refractivity contribution in [3.05, 3.63) is 35.4 Å². The Labute approximate surface area is 105 Å². The lowest BCUT2D eigenvalue weighted by molar-refractivity contribution is -0.140. The van der Waals surface area contributed by atoms with Crippen molar-refractivity contribution in [1.29, 1.82) is 0 Å². The predicted molar refractivity (Wildman–Crippen MR) is 64.0 cm³/mol. The summed E-state index contributed by atoms with van der Waals surface area (Å²) in [6.07, 6.45) is 0.932. The Balaban J connectivity index is 2.40. The lowest BCUT2D eigenvalue weighted by Gasteiger charge is -2.14. The number of ether oxygens (including phenoxy) is 1. The van der Waals surface area contributed by atoms with Crippen LogP contribution in [0.4, 0.5) is 8.78 Å². The SMILES string of the molecule is COC(=O)CCCNC(C)c1ccc(F)cc1F. The summed E-state index contributed by atoms with van der Waals surface area (Å²) in [5.74, 6) is -1.42. The standard InChI is InChI=1S/C13H17F2NO2/c1-9(16-7-3-4-13(17)18-2)11-6-5-10(14)8-12(11)15/h5-6,8-9,16H,3-4,7H2,1-2H3. The first-order valence-electron chi connectivity index (χ1n) is 5.79. The number of nitrogens with one attached hydrogen (secondary N) is 1. The van der Waals surface area contributed by atoms with E-state index in [1.807, 2.05) is 0 Å². The first-order valence-corrected chi connectivity index (χ1v) is 5.79. The molecule has 18 heavy (non-hydrogen) atoms. The van der Waals surface area contributed by atoms with Crippen molar-refractivity contribution < 1.29 is 18.3 Å². The Kier molecular flexibility index (Phi) is 5.71. The second kappa shape index (κ2) is 7.06. The molecule has 0 aromatic heterocycles. The molecule has 1 N–H and O–H groups in total. The van der Waals surface area contributed by atoms with Crippen LogP contribution < -0.4 is 5.32 Å². The van der Waals surface area contributed by atoms with Gasteiger partial charge in [-0.3, -0.25) is 4.79 Å². The van der Waals surface area contributed by atoms with Crippen LogP contribution >= 0.6 is 0 Å². The third-order valence-corrected chi connectivity index (χ3v) is 2.66. The Morgan fingerprint density at radius 1 is 1.44 bits per heavy atom. The molecular weight excluding hydrogens is 240 g/mol. The monoisotopic (exact) mass is 257 g/mol. The lowest BCUT2D eigenvalue weighted by atomic mass is 10.1. The Morgan fingerprint density at radius 3 is 2.78 bits per heavy atom. The molecule has 100 valence electrons. The number of hydrogen-bond donors (Lipinski definition) is 1. The minimum absolute atomic E-state index is 0.233. The zero-order valence-corrected chi connectivity index (χ0v) is 10.5. The minimum Gasteiger partial charge on any atom is -0.469 e. The summed E-state index contributed by atoms with van der Waals surface area (Å²) in [6, 6.07) is 3.28. The van der Waals surface area contributed by atoms with Gasteiger partial charge in [-0.25, -0.2) is 8.78 Å². The molecule has 5 heteroatoms. The third kappa shape index (κ3) is 4.41. The van der Waals surface area contributed by atoms with Crippen LogP contribution in [0.15, 0.2) is 18.2 Å². The van der Waals surface area contributed by atoms with Crippen molar-refractivity contribution in [3.63, 3.8) is 0 Å². The number of esters is 1. The first kappa shape index (κ1) is 14.6. The molecule has 0 aliphatic heterocycles. The van der Waals surface area contributed by atoms with Gasteiger partial charge in [0.2, 0.25) is 0 Å². The second-order valence-corrected chi connectivity index (χ2v) is 4.02.